The van der Waals surface area contributed by atoms with Crippen LogP contribution >= 0.6 is 11.8 Å². The lowest BCUT2D eigenvalue weighted by Crippen LogP contribution is -2.40. The molecule has 18 heavy (non-hydrogen) atoms. The van der Waals surface area contributed by atoms with Crippen LogP contribution < -0.4 is 11.1 Å². The molecule has 7 heteroatoms. The second-order valence-corrected chi connectivity index (χ2v) is 4.66. The summed E-state index contributed by atoms with van der Waals surface area (Å²) in [6.07, 6.45) is 2.55. The van der Waals surface area contributed by atoms with E-state index < -0.39 is 12.0 Å². The maximum absolute atomic E-state index is 11.6. The molecular weight excluding hydrogens is 256 g/mol. The fourth-order valence-corrected chi connectivity index (χ4v) is 1.76. The molecule has 0 aromatic carbocycles. The summed E-state index contributed by atoms with van der Waals surface area (Å²) in [4.78, 5) is 22.1. The van der Waals surface area contributed by atoms with Gasteiger partial charge >= 0.3 is 5.97 Å². The average molecular weight is 272 g/mol. The largest absolute Gasteiger partial charge is 0.475 e. The summed E-state index contributed by atoms with van der Waals surface area (Å²) in [6.45, 7) is 0.138. The Kier molecular flexibility index (Phi) is 5.73. The summed E-state index contributed by atoms with van der Waals surface area (Å²) < 4.78 is 5.00. The lowest BCUT2D eigenvalue weighted by molar-refractivity contribution is -0.122. The number of carbonyl (C=O) groups is 2. The first-order chi connectivity index (χ1) is 8.54. The first-order valence-electron chi connectivity index (χ1n) is 5.39. The number of hydrogen-bond acceptors (Lipinski definition) is 5. The molecule has 0 aliphatic carbocycles. The maximum Gasteiger partial charge on any atom is 0.371 e. The SMILES string of the molecule is CSCC[C@H](N)C(=O)NCc1ccc(C(=O)O)o1. The summed E-state index contributed by atoms with van der Waals surface area (Å²) in [5.41, 5.74) is 5.67. The maximum atomic E-state index is 11.6. The predicted molar refractivity (Wildman–Crippen MR) is 68.5 cm³/mol. The van der Waals surface area contributed by atoms with E-state index in [4.69, 9.17) is 15.3 Å². The van der Waals surface area contributed by atoms with E-state index in [1.807, 2.05) is 6.26 Å². The third kappa shape index (κ3) is 4.42. The number of rotatable bonds is 7. The molecule has 1 rings (SSSR count). The van der Waals surface area contributed by atoms with E-state index in [1.54, 1.807) is 11.8 Å². The van der Waals surface area contributed by atoms with Gasteiger partial charge in [0, 0.05) is 0 Å². The van der Waals surface area contributed by atoms with Crippen LogP contribution in [-0.4, -0.2) is 35.0 Å². The molecular formula is C11H16N2O4S. The van der Waals surface area contributed by atoms with Gasteiger partial charge in [0.1, 0.15) is 5.76 Å². The predicted octanol–water partition coefficient (Wildman–Crippen LogP) is 0.674. The van der Waals surface area contributed by atoms with Crippen molar-refractivity contribution in [2.45, 2.75) is 19.0 Å². The van der Waals surface area contributed by atoms with Crippen LogP contribution in [0.2, 0.25) is 0 Å². The number of carbonyl (C=O) groups excluding carboxylic acids is 1. The molecule has 1 atom stereocenters. The molecule has 100 valence electrons. The van der Waals surface area contributed by atoms with Crippen molar-refractivity contribution in [3.05, 3.63) is 23.7 Å². The summed E-state index contributed by atoms with van der Waals surface area (Å²) in [5, 5.41) is 11.3. The summed E-state index contributed by atoms with van der Waals surface area (Å²) in [5.74, 6) is -0.344. The van der Waals surface area contributed by atoms with Crippen molar-refractivity contribution >= 4 is 23.6 Å². The fraction of sp³-hybridized carbons (Fsp3) is 0.455. The molecule has 0 bridgehead atoms. The zero-order valence-corrected chi connectivity index (χ0v) is 10.8. The number of amides is 1. The molecule has 0 radical (unpaired) electrons. The third-order valence-corrected chi connectivity index (χ3v) is 2.92. The van der Waals surface area contributed by atoms with Crippen molar-refractivity contribution in [3.8, 4) is 0 Å². The minimum Gasteiger partial charge on any atom is -0.475 e. The molecule has 6 nitrogen and oxygen atoms in total. The Morgan fingerprint density at radius 1 is 1.56 bits per heavy atom. The zero-order valence-electron chi connectivity index (χ0n) is 10.0. The van der Waals surface area contributed by atoms with E-state index in [0.717, 1.165) is 5.75 Å². The molecule has 1 aromatic rings. The smallest absolute Gasteiger partial charge is 0.371 e. The normalized spacial score (nSPS) is 12.1. The molecule has 0 aliphatic rings. The van der Waals surface area contributed by atoms with Crippen molar-refractivity contribution in [1.82, 2.24) is 5.32 Å². The lowest BCUT2D eigenvalue weighted by Gasteiger charge is -2.10. The number of carboxylic acid groups (broad SMARTS) is 1. The third-order valence-electron chi connectivity index (χ3n) is 2.28. The van der Waals surface area contributed by atoms with E-state index in [2.05, 4.69) is 5.32 Å². The molecule has 4 N–H and O–H groups in total. The van der Waals surface area contributed by atoms with Crippen LogP contribution in [0.25, 0.3) is 0 Å². The Bertz CT molecular complexity index is 419. The Balaban J connectivity index is 2.39. The minimum absolute atomic E-state index is 0.138. The number of thioether (sulfide) groups is 1. The lowest BCUT2D eigenvalue weighted by atomic mass is 10.2. The number of aromatic carboxylic acids is 1. The van der Waals surface area contributed by atoms with Gasteiger partial charge in [0.15, 0.2) is 0 Å². The topological polar surface area (TPSA) is 106 Å². The Labute approximate surface area is 109 Å². The molecule has 1 aromatic heterocycles. The van der Waals surface area contributed by atoms with Crippen molar-refractivity contribution in [2.75, 3.05) is 12.0 Å². The molecule has 0 saturated heterocycles. The number of hydrogen-bond donors (Lipinski definition) is 3. The van der Waals surface area contributed by atoms with Gasteiger partial charge in [-0.05, 0) is 30.6 Å². The van der Waals surface area contributed by atoms with Gasteiger partial charge in [-0.25, -0.2) is 4.79 Å². The second-order valence-electron chi connectivity index (χ2n) is 3.68. The molecule has 1 heterocycles. The summed E-state index contributed by atoms with van der Waals surface area (Å²) in [7, 11) is 0. The van der Waals surface area contributed by atoms with Gasteiger partial charge in [0.25, 0.3) is 0 Å². The highest BCUT2D eigenvalue weighted by Crippen LogP contribution is 2.07. The highest BCUT2D eigenvalue weighted by Gasteiger charge is 2.14. The Hall–Kier alpha value is -1.47. The van der Waals surface area contributed by atoms with E-state index in [0.29, 0.717) is 12.2 Å². The fourth-order valence-electron chi connectivity index (χ4n) is 1.27. The van der Waals surface area contributed by atoms with Gasteiger partial charge in [-0.1, -0.05) is 0 Å². The molecule has 0 saturated carbocycles. The van der Waals surface area contributed by atoms with Gasteiger partial charge < -0.3 is 20.6 Å². The van der Waals surface area contributed by atoms with Crippen LogP contribution in [0, 0.1) is 0 Å². The van der Waals surface area contributed by atoms with Gasteiger partial charge in [-0.15, -0.1) is 0 Å². The Morgan fingerprint density at radius 3 is 2.83 bits per heavy atom. The Morgan fingerprint density at radius 2 is 2.28 bits per heavy atom. The van der Waals surface area contributed by atoms with Gasteiger partial charge in [0.2, 0.25) is 11.7 Å². The number of nitrogens with one attached hydrogen (secondary N) is 1. The van der Waals surface area contributed by atoms with E-state index >= 15 is 0 Å². The van der Waals surface area contributed by atoms with Crippen molar-refractivity contribution in [1.29, 1.82) is 0 Å². The van der Waals surface area contributed by atoms with Crippen LogP contribution in [0.5, 0.6) is 0 Å². The number of furan rings is 1. The number of carboxylic acids is 1. The minimum atomic E-state index is -1.13. The molecule has 0 unspecified atom stereocenters. The second kappa shape index (κ2) is 7.07. The standard InChI is InChI=1S/C11H16N2O4S/c1-18-5-4-8(12)10(14)13-6-7-2-3-9(17-7)11(15)16/h2-3,8H,4-6,12H2,1H3,(H,13,14)(H,15,16)/t8-/m0/s1. The van der Waals surface area contributed by atoms with Crippen LogP contribution in [0.3, 0.4) is 0 Å². The van der Waals surface area contributed by atoms with Crippen LogP contribution in [0.1, 0.15) is 22.7 Å². The zero-order chi connectivity index (χ0) is 13.5. The van der Waals surface area contributed by atoms with Gasteiger partial charge in [-0.3, -0.25) is 4.79 Å². The van der Waals surface area contributed by atoms with Crippen molar-refractivity contribution in [2.24, 2.45) is 5.73 Å². The summed E-state index contributed by atoms with van der Waals surface area (Å²) >= 11 is 1.62. The van der Waals surface area contributed by atoms with Crippen molar-refractivity contribution in [3.63, 3.8) is 0 Å². The van der Waals surface area contributed by atoms with Gasteiger partial charge in [0.05, 0.1) is 12.6 Å². The van der Waals surface area contributed by atoms with E-state index in [9.17, 15) is 9.59 Å². The van der Waals surface area contributed by atoms with Crippen molar-refractivity contribution < 1.29 is 19.1 Å². The molecule has 1 amide bonds. The average Bonchev–Trinajstić information content (AvgIpc) is 2.81. The first kappa shape index (κ1) is 14.6. The molecule has 0 fully saturated rings. The van der Waals surface area contributed by atoms with E-state index in [1.165, 1.54) is 12.1 Å². The summed E-state index contributed by atoms with van der Waals surface area (Å²) in [6, 6.07) is 2.31. The quantitative estimate of drug-likeness (QED) is 0.674. The number of nitrogens with two attached hydrogens (primary N) is 1. The van der Waals surface area contributed by atoms with Crippen LogP contribution in [-0.2, 0) is 11.3 Å². The highest BCUT2D eigenvalue weighted by atomic mass is 32.2. The highest BCUT2D eigenvalue weighted by molar-refractivity contribution is 7.98. The van der Waals surface area contributed by atoms with Gasteiger partial charge in [-0.2, -0.15) is 11.8 Å². The van der Waals surface area contributed by atoms with Crippen LogP contribution in [0.4, 0.5) is 0 Å². The van der Waals surface area contributed by atoms with E-state index in [-0.39, 0.29) is 18.2 Å². The first-order valence-corrected chi connectivity index (χ1v) is 6.78. The monoisotopic (exact) mass is 272 g/mol. The van der Waals surface area contributed by atoms with Crippen LogP contribution in [0.15, 0.2) is 16.5 Å². The molecule has 0 spiro atoms. The molecule has 0 aliphatic heterocycles.